The van der Waals surface area contributed by atoms with Gasteiger partial charge in [-0.25, -0.2) is 0 Å². The summed E-state index contributed by atoms with van der Waals surface area (Å²) in [5.74, 6) is 0. The van der Waals surface area contributed by atoms with Crippen LogP contribution in [-0.4, -0.2) is 4.92 Å². The molecular formula is C15H14N2O2. The van der Waals surface area contributed by atoms with Crippen molar-refractivity contribution in [1.82, 2.24) is 0 Å². The van der Waals surface area contributed by atoms with Crippen LogP contribution in [0.1, 0.15) is 16.7 Å². The van der Waals surface area contributed by atoms with E-state index in [0.717, 1.165) is 16.7 Å². The molecule has 2 N–H and O–H groups in total. The fourth-order valence-corrected chi connectivity index (χ4v) is 1.76. The summed E-state index contributed by atoms with van der Waals surface area (Å²) in [6.07, 6.45) is 3.76. The van der Waals surface area contributed by atoms with Gasteiger partial charge in [-0.1, -0.05) is 48.6 Å². The molecule has 0 aliphatic carbocycles. The highest BCUT2D eigenvalue weighted by atomic mass is 16.6. The zero-order valence-corrected chi connectivity index (χ0v) is 10.3. The molecule has 0 aliphatic rings. The lowest BCUT2D eigenvalue weighted by atomic mass is 10.1. The Labute approximate surface area is 111 Å². The lowest BCUT2D eigenvalue weighted by Gasteiger charge is -1.99. The van der Waals surface area contributed by atoms with E-state index in [1.165, 1.54) is 6.07 Å². The van der Waals surface area contributed by atoms with E-state index in [4.69, 9.17) is 5.73 Å². The van der Waals surface area contributed by atoms with Crippen LogP contribution < -0.4 is 5.73 Å². The highest BCUT2D eigenvalue weighted by Crippen LogP contribution is 2.16. The number of nitrogens with two attached hydrogens (primary N) is 1. The summed E-state index contributed by atoms with van der Waals surface area (Å²) < 4.78 is 0. The van der Waals surface area contributed by atoms with E-state index in [1.54, 1.807) is 12.1 Å². The Morgan fingerprint density at radius 1 is 1.05 bits per heavy atom. The number of hydrogen-bond donors (Lipinski definition) is 1. The molecule has 0 fully saturated rings. The molecule has 2 aromatic rings. The van der Waals surface area contributed by atoms with E-state index in [-0.39, 0.29) is 5.69 Å². The average molecular weight is 254 g/mol. The predicted molar refractivity (Wildman–Crippen MR) is 76.4 cm³/mol. The Kier molecular flexibility index (Phi) is 4.05. The summed E-state index contributed by atoms with van der Waals surface area (Å²) in [4.78, 5) is 10.3. The van der Waals surface area contributed by atoms with Gasteiger partial charge in [0.1, 0.15) is 0 Å². The number of nitro benzene ring substituents is 1. The van der Waals surface area contributed by atoms with Crippen molar-refractivity contribution in [3.05, 3.63) is 75.3 Å². The molecular weight excluding hydrogens is 240 g/mol. The minimum absolute atomic E-state index is 0.0952. The molecule has 19 heavy (non-hydrogen) atoms. The van der Waals surface area contributed by atoms with Crippen molar-refractivity contribution in [1.29, 1.82) is 0 Å². The van der Waals surface area contributed by atoms with Crippen LogP contribution in [0, 0.1) is 10.1 Å². The maximum Gasteiger partial charge on any atom is 0.270 e. The normalized spacial score (nSPS) is 10.8. The van der Waals surface area contributed by atoms with E-state index in [2.05, 4.69) is 0 Å². The minimum Gasteiger partial charge on any atom is -0.326 e. The van der Waals surface area contributed by atoms with Gasteiger partial charge in [-0.3, -0.25) is 10.1 Å². The van der Waals surface area contributed by atoms with Gasteiger partial charge in [0.15, 0.2) is 0 Å². The third-order valence-electron chi connectivity index (χ3n) is 2.74. The highest BCUT2D eigenvalue weighted by Gasteiger charge is 2.03. The summed E-state index contributed by atoms with van der Waals surface area (Å²) in [7, 11) is 0. The Balaban J connectivity index is 2.22. The van der Waals surface area contributed by atoms with Crippen molar-refractivity contribution in [3.63, 3.8) is 0 Å². The van der Waals surface area contributed by atoms with Crippen molar-refractivity contribution in [2.75, 3.05) is 0 Å². The van der Waals surface area contributed by atoms with Crippen LogP contribution in [0.5, 0.6) is 0 Å². The van der Waals surface area contributed by atoms with Crippen LogP contribution in [0.2, 0.25) is 0 Å². The van der Waals surface area contributed by atoms with E-state index < -0.39 is 4.92 Å². The standard InChI is InChI=1S/C15H14N2O2/c16-11-14-5-1-3-12(9-14)7-8-13-4-2-6-15(10-13)17(18)19/h1-10H,11,16H2. The molecule has 0 unspecified atom stereocenters. The molecule has 4 heteroatoms. The number of non-ortho nitro benzene ring substituents is 1. The van der Waals surface area contributed by atoms with Gasteiger partial charge in [0.05, 0.1) is 4.92 Å². The van der Waals surface area contributed by atoms with Crippen molar-refractivity contribution < 1.29 is 4.92 Å². The first-order valence-electron chi connectivity index (χ1n) is 5.90. The molecule has 0 saturated carbocycles. The summed E-state index contributed by atoms with van der Waals surface area (Å²) in [6, 6.07) is 14.4. The van der Waals surface area contributed by atoms with Gasteiger partial charge >= 0.3 is 0 Å². The Morgan fingerprint density at radius 3 is 2.32 bits per heavy atom. The first-order valence-corrected chi connectivity index (χ1v) is 5.90. The van der Waals surface area contributed by atoms with E-state index in [1.807, 2.05) is 42.5 Å². The van der Waals surface area contributed by atoms with Crippen LogP contribution in [0.25, 0.3) is 12.2 Å². The number of nitro groups is 1. The van der Waals surface area contributed by atoms with Gasteiger partial charge in [0, 0.05) is 18.7 Å². The van der Waals surface area contributed by atoms with E-state index in [0.29, 0.717) is 6.54 Å². The van der Waals surface area contributed by atoms with Crippen molar-refractivity contribution >= 4 is 17.8 Å². The smallest absolute Gasteiger partial charge is 0.270 e. The van der Waals surface area contributed by atoms with Gasteiger partial charge < -0.3 is 5.73 Å². The fraction of sp³-hybridized carbons (Fsp3) is 0.0667. The summed E-state index contributed by atoms with van der Waals surface area (Å²) >= 11 is 0. The molecule has 0 aromatic heterocycles. The van der Waals surface area contributed by atoms with Crippen molar-refractivity contribution in [2.45, 2.75) is 6.54 Å². The second-order valence-corrected chi connectivity index (χ2v) is 4.13. The molecule has 0 bridgehead atoms. The van der Waals surface area contributed by atoms with Crippen LogP contribution in [0.3, 0.4) is 0 Å². The topological polar surface area (TPSA) is 69.2 Å². The summed E-state index contributed by atoms with van der Waals surface area (Å²) in [5, 5.41) is 10.7. The fourth-order valence-electron chi connectivity index (χ4n) is 1.76. The quantitative estimate of drug-likeness (QED) is 0.517. The zero-order valence-electron chi connectivity index (χ0n) is 10.3. The van der Waals surface area contributed by atoms with Crippen LogP contribution in [-0.2, 0) is 6.54 Å². The van der Waals surface area contributed by atoms with Gasteiger partial charge in [-0.15, -0.1) is 0 Å². The monoisotopic (exact) mass is 254 g/mol. The molecule has 0 atom stereocenters. The Bertz CT molecular complexity index is 621. The maximum absolute atomic E-state index is 10.7. The van der Waals surface area contributed by atoms with Gasteiger partial charge in [0.2, 0.25) is 0 Å². The maximum atomic E-state index is 10.7. The van der Waals surface area contributed by atoms with E-state index >= 15 is 0 Å². The molecule has 2 rings (SSSR count). The predicted octanol–water partition coefficient (Wildman–Crippen LogP) is 3.22. The van der Waals surface area contributed by atoms with Gasteiger partial charge in [-0.2, -0.15) is 0 Å². The molecule has 0 heterocycles. The highest BCUT2D eigenvalue weighted by molar-refractivity contribution is 5.70. The minimum atomic E-state index is -0.396. The van der Waals surface area contributed by atoms with Crippen molar-refractivity contribution in [2.24, 2.45) is 5.73 Å². The molecule has 96 valence electrons. The molecule has 0 amide bonds. The van der Waals surface area contributed by atoms with Crippen molar-refractivity contribution in [3.8, 4) is 0 Å². The lowest BCUT2D eigenvalue weighted by Crippen LogP contribution is -1.95. The number of nitrogens with zero attached hydrogens (tertiary/aromatic N) is 1. The summed E-state index contributed by atoms with van der Waals surface area (Å²) in [6.45, 7) is 0.499. The number of hydrogen-bond acceptors (Lipinski definition) is 3. The molecule has 0 saturated heterocycles. The second kappa shape index (κ2) is 5.93. The van der Waals surface area contributed by atoms with Crippen LogP contribution in [0.15, 0.2) is 48.5 Å². The van der Waals surface area contributed by atoms with Crippen LogP contribution >= 0.6 is 0 Å². The van der Waals surface area contributed by atoms with Gasteiger partial charge in [0.25, 0.3) is 5.69 Å². The third-order valence-corrected chi connectivity index (χ3v) is 2.74. The van der Waals surface area contributed by atoms with Gasteiger partial charge in [-0.05, 0) is 16.7 Å². The molecule has 0 radical (unpaired) electrons. The zero-order chi connectivity index (χ0) is 13.7. The number of benzene rings is 2. The van der Waals surface area contributed by atoms with E-state index in [9.17, 15) is 10.1 Å². The SMILES string of the molecule is NCc1cccc(C=Cc2cccc([N+](=O)[O-])c2)c1. The Morgan fingerprint density at radius 2 is 1.68 bits per heavy atom. The first-order chi connectivity index (χ1) is 9.19. The third kappa shape index (κ3) is 3.50. The first kappa shape index (κ1) is 13.0. The molecule has 0 aliphatic heterocycles. The molecule has 2 aromatic carbocycles. The molecule has 0 spiro atoms. The summed E-state index contributed by atoms with van der Waals surface area (Å²) in [5.41, 5.74) is 8.55. The Hall–Kier alpha value is -2.46. The lowest BCUT2D eigenvalue weighted by molar-refractivity contribution is -0.384. The number of rotatable bonds is 4. The largest absolute Gasteiger partial charge is 0.326 e. The molecule has 4 nitrogen and oxygen atoms in total. The van der Waals surface area contributed by atoms with Crippen LogP contribution in [0.4, 0.5) is 5.69 Å². The average Bonchev–Trinajstić information content (AvgIpc) is 2.45. The second-order valence-electron chi connectivity index (χ2n) is 4.13.